The van der Waals surface area contributed by atoms with Crippen LogP contribution in [0.5, 0.6) is 5.75 Å². The van der Waals surface area contributed by atoms with Gasteiger partial charge in [-0.25, -0.2) is 0 Å². The zero-order valence-corrected chi connectivity index (χ0v) is 16.1. The van der Waals surface area contributed by atoms with Crippen molar-refractivity contribution in [1.82, 2.24) is 10.7 Å². The first-order chi connectivity index (χ1) is 12.8. The predicted molar refractivity (Wildman–Crippen MR) is 113 cm³/mol. The number of hydrogen-bond donors (Lipinski definition) is 2. The third kappa shape index (κ3) is 8.12. The molecule has 0 spiro atoms. The minimum atomic E-state index is 0.494. The third-order valence-corrected chi connectivity index (χ3v) is 4.04. The van der Waals surface area contributed by atoms with Crippen molar-refractivity contribution in [2.45, 2.75) is 39.2 Å². The number of thiocarbonyl (C=S) groups is 1. The molecular weight excluding hydrogens is 342 g/mol. The molecule has 2 N–H and O–H groups in total. The highest BCUT2D eigenvalue weighted by atomic mass is 32.1. The van der Waals surface area contributed by atoms with Crippen molar-refractivity contribution in [2.24, 2.45) is 5.10 Å². The SMILES string of the molecule is CCCCCCOc1cccc(/C=N/NC(=S)NCc2ccccc2)c1. The molecule has 0 aliphatic carbocycles. The summed E-state index contributed by atoms with van der Waals surface area (Å²) >= 11 is 5.23. The lowest BCUT2D eigenvalue weighted by Crippen LogP contribution is -2.31. The molecule has 2 rings (SSSR count). The number of unbranched alkanes of at least 4 members (excludes halogenated alkanes) is 3. The van der Waals surface area contributed by atoms with Crippen molar-refractivity contribution in [2.75, 3.05) is 6.61 Å². The molecular formula is C21H27N3OS. The van der Waals surface area contributed by atoms with Crippen LogP contribution < -0.4 is 15.5 Å². The molecule has 5 heteroatoms. The maximum absolute atomic E-state index is 5.79. The second-order valence-corrected chi connectivity index (χ2v) is 6.43. The van der Waals surface area contributed by atoms with Crippen LogP contribution in [0.1, 0.15) is 43.7 Å². The summed E-state index contributed by atoms with van der Waals surface area (Å²) in [4.78, 5) is 0. The summed E-state index contributed by atoms with van der Waals surface area (Å²) in [7, 11) is 0. The van der Waals surface area contributed by atoms with Crippen LogP contribution in [0.25, 0.3) is 0 Å². The van der Waals surface area contributed by atoms with E-state index in [1.807, 2.05) is 54.6 Å². The van der Waals surface area contributed by atoms with Gasteiger partial charge < -0.3 is 10.1 Å². The normalized spacial score (nSPS) is 10.7. The number of rotatable bonds is 10. The van der Waals surface area contributed by atoms with Gasteiger partial charge in [0.2, 0.25) is 0 Å². The Labute approximate surface area is 161 Å². The van der Waals surface area contributed by atoms with Crippen LogP contribution in [0.3, 0.4) is 0 Å². The van der Waals surface area contributed by atoms with E-state index in [0.29, 0.717) is 11.7 Å². The molecule has 4 nitrogen and oxygen atoms in total. The van der Waals surface area contributed by atoms with Crippen LogP contribution in [0.4, 0.5) is 0 Å². The van der Waals surface area contributed by atoms with E-state index in [0.717, 1.165) is 24.3 Å². The Kier molecular flexibility index (Phi) is 9.22. The molecule has 2 aromatic carbocycles. The van der Waals surface area contributed by atoms with Gasteiger partial charge in [0.25, 0.3) is 0 Å². The fourth-order valence-electron chi connectivity index (χ4n) is 2.39. The van der Waals surface area contributed by atoms with E-state index in [1.165, 1.54) is 24.8 Å². The van der Waals surface area contributed by atoms with Gasteiger partial charge in [0.05, 0.1) is 12.8 Å². The Hall–Kier alpha value is -2.40. The summed E-state index contributed by atoms with van der Waals surface area (Å²) in [6.45, 7) is 3.64. The van der Waals surface area contributed by atoms with Gasteiger partial charge in [0.1, 0.15) is 5.75 Å². The molecule has 0 saturated heterocycles. The summed E-state index contributed by atoms with van der Waals surface area (Å²) in [5.74, 6) is 0.871. The summed E-state index contributed by atoms with van der Waals surface area (Å²) in [6.07, 6.45) is 6.55. The van der Waals surface area contributed by atoms with Crippen molar-refractivity contribution in [3.05, 3.63) is 65.7 Å². The van der Waals surface area contributed by atoms with Crippen LogP contribution in [0.15, 0.2) is 59.7 Å². The Balaban J connectivity index is 1.71. The second kappa shape index (κ2) is 12.0. The first-order valence-corrected chi connectivity index (χ1v) is 9.52. The molecule has 0 saturated carbocycles. The van der Waals surface area contributed by atoms with E-state index >= 15 is 0 Å². The average molecular weight is 370 g/mol. The highest BCUT2D eigenvalue weighted by molar-refractivity contribution is 7.80. The number of hydrazone groups is 1. The fourth-order valence-corrected chi connectivity index (χ4v) is 2.51. The standard InChI is InChI=1S/C21H27N3OS/c1-2-3-4-8-14-25-20-13-9-12-19(15-20)17-23-24-21(26)22-16-18-10-6-5-7-11-18/h5-7,9-13,15,17H,2-4,8,14,16H2,1H3,(H2,22,24,26)/b23-17+. The van der Waals surface area contributed by atoms with E-state index in [2.05, 4.69) is 22.8 Å². The summed E-state index contributed by atoms with van der Waals surface area (Å²) in [6, 6.07) is 18.0. The first-order valence-electron chi connectivity index (χ1n) is 9.11. The highest BCUT2D eigenvalue weighted by Gasteiger charge is 1.97. The van der Waals surface area contributed by atoms with Crippen LogP contribution in [0, 0.1) is 0 Å². The van der Waals surface area contributed by atoms with Crippen LogP contribution in [0.2, 0.25) is 0 Å². The molecule has 26 heavy (non-hydrogen) atoms. The minimum absolute atomic E-state index is 0.494. The molecule has 0 aromatic heterocycles. The maximum Gasteiger partial charge on any atom is 0.187 e. The van der Waals surface area contributed by atoms with Crippen LogP contribution >= 0.6 is 12.2 Å². The molecule has 0 fully saturated rings. The van der Waals surface area contributed by atoms with Crippen LogP contribution in [-0.2, 0) is 6.54 Å². The van der Waals surface area contributed by atoms with Crippen molar-refractivity contribution < 1.29 is 4.74 Å². The lowest BCUT2D eigenvalue weighted by Gasteiger charge is -2.07. The Morgan fingerprint density at radius 2 is 1.92 bits per heavy atom. The van der Waals surface area contributed by atoms with Crippen molar-refractivity contribution >= 4 is 23.5 Å². The average Bonchev–Trinajstić information content (AvgIpc) is 2.67. The first kappa shape index (κ1) is 19.9. The van der Waals surface area contributed by atoms with E-state index in [-0.39, 0.29) is 0 Å². The van der Waals surface area contributed by atoms with Gasteiger partial charge in [-0.3, -0.25) is 5.43 Å². The Bertz CT molecular complexity index is 689. The molecule has 138 valence electrons. The van der Waals surface area contributed by atoms with Gasteiger partial charge in [0, 0.05) is 6.54 Å². The second-order valence-electron chi connectivity index (χ2n) is 6.02. The van der Waals surface area contributed by atoms with Gasteiger partial charge in [0.15, 0.2) is 5.11 Å². The minimum Gasteiger partial charge on any atom is -0.494 e. The number of nitrogens with zero attached hydrogens (tertiary/aromatic N) is 1. The largest absolute Gasteiger partial charge is 0.494 e. The van der Waals surface area contributed by atoms with E-state index in [4.69, 9.17) is 17.0 Å². The van der Waals surface area contributed by atoms with Crippen LogP contribution in [-0.4, -0.2) is 17.9 Å². The Morgan fingerprint density at radius 3 is 2.73 bits per heavy atom. The van der Waals surface area contributed by atoms with E-state index in [9.17, 15) is 0 Å². The molecule has 0 aliphatic rings. The molecule has 0 aliphatic heterocycles. The molecule has 0 amide bonds. The fraction of sp³-hybridized carbons (Fsp3) is 0.333. The van der Waals surface area contributed by atoms with Gasteiger partial charge in [-0.15, -0.1) is 0 Å². The third-order valence-electron chi connectivity index (χ3n) is 3.80. The molecule has 0 unspecified atom stereocenters. The van der Waals surface area contributed by atoms with Crippen molar-refractivity contribution in [3.8, 4) is 5.75 Å². The van der Waals surface area contributed by atoms with Gasteiger partial charge in [-0.2, -0.15) is 5.10 Å². The molecule has 2 aromatic rings. The summed E-state index contributed by atoms with van der Waals surface area (Å²) in [5.41, 5.74) is 4.97. The monoisotopic (exact) mass is 369 g/mol. The number of benzene rings is 2. The van der Waals surface area contributed by atoms with E-state index in [1.54, 1.807) is 6.21 Å². The van der Waals surface area contributed by atoms with Crippen molar-refractivity contribution in [3.63, 3.8) is 0 Å². The predicted octanol–water partition coefficient (Wildman–Crippen LogP) is 4.64. The van der Waals surface area contributed by atoms with Gasteiger partial charge in [-0.05, 0) is 41.9 Å². The summed E-state index contributed by atoms with van der Waals surface area (Å²) < 4.78 is 5.79. The van der Waals surface area contributed by atoms with Gasteiger partial charge >= 0.3 is 0 Å². The lowest BCUT2D eigenvalue weighted by molar-refractivity contribution is 0.305. The summed E-state index contributed by atoms with van der Waals surface area (Å²) in [5, 5.41) is 7.80. The van der Waals surface area contributed by atoms with Crippen molar-refractivity contribution in [1.29, 1.82) is 0 Å². The zero-order chi connectivity index (χ0) is 18.5. The molecule has 0 radical (unpaired) electrons. The number of ether oxygens (including phenoxy) is 1. The molecule has 0 bridgehead atoms. The zero-order valence-electron chi connectivity index (χ0n) is 15.3. The number of hydrogen-bond acceptors (Lipinski definition) is 3. The molecule has 0 atom stereocenters. The van der Waals surface area contributed by atoms with Gasteiger partial charge in [-0.1, -0.05) is 68.7 Å². The smallest absolute Gasteiger partial charge is 0.187 e. The molecule has 0 heterocycles. The quantitative estimate of drug-likeness (QED) is 0.277. The number of nitrogens with one attached hydrogen (secondary N) is 2. The lowest BCUT2D eigenvalue weighted by atomic mass is 10.2. The van der Waals surface area contributed by atoms with E-state index < -0.39 is 0 Å². The maximum atomic E-state index is 5.79. The highest BCUT2D eigenvalue weighted by Crippen LogP contribution is 2.13. The topological polar surface area (TPSA) is 45.6 Å². The Morgan fingerprint density at radius 1 is 1.08 bits per heavy atom.